The van der Waals surface area contributed by atoms with Crippen molar-refractivity contribution in [1.29, 1.82) is 0 Å². The van der Waals surface area contributed by atoms with Gasteiger partial charge in [0, 0.05) is 0 Å². The molecule has 0 spiro atoms. The van der Waals surface area contributed by atoms with Crippen LogP contribution in [0, 0.1) is 0 Å². The fourth-order valence-electron chi connectivity index (χ4n) is 3.50. The van der Waals surface area contributed by atoms with E-state index >= 15 is 0 Å². The summed E-state index contributed by atoms with van der Waals surface area (Å²) >= 11 is 22.2. The van der Waals surface area contributed by atoms with E-state index < -0.39 is 83.1 Å². The number of para-hydroxylation sites is 4. The van der Waals surface area contributed by atoms with Gasteiger partial charge in [-0.25, -0.2) is 0 Å². The molecule has 4 aromatic carbocycles. The molecule has 4 N–H and O–H groups in total. The molecule has 0 fully saturated rings. The minimum absolute atomic E-state index is 0. The molecular formula is C28H24Cl4O28P8Sn3. The molecule has 0 radical (unpaired) electrons. The van der Waals surface area contributed by atoms with Crippen LogP contribution < -0.4 is 76.8 Å². The van der Waals surface area contributed by atoms with Crippen molar-refractivity contribution in [3.63, 3.8) is 0 Å². The molecule has 71 heavy (non-hydrogen) atoms. The molecule has 4 aromatic rings. The number of hydrogen-bond donors (Lipinski definition) is 4. The third kappa shape index (κ3) is 26.4. The topological polar surface area (TPSA) is 531 Å². The zero-order valence-corrected chi connectivity index (χ0v) is 52.5. The van der Waals surface area contributed by atoms with Crippen LogP contribution in [0.5, 0.6) is 23.0 Å². The van der Waals surface area contributed by atoms with E-state index in [-0.39, 0.29) is 115 Å². The second kappa shape index (κ2) is 31.4. The van der Waals surface area contributed by atoms with Crippen molar-refractivity contribution in [1.82, 2.24) is 0 Å². The van der Waals surface area contributed by atoms with Gasteiger partial charge in [-0.05, 0) is 78.9 Å². The summed E-state index contributed by atoms with van der Waals surface area (Å²) in [7, 11) is -44.2. The number of aliphatic hydroxyl groups is 4. The molecule has 8 unspecified atom stereocenters. The zero-order chi connectivity index (χ0) is 53.1. The molecule has 384 valence electrons. The molecule has 0 aliphatic heterocycles. The van der Waals surface area contributed by atoms with Crippen LogP contribution in [0.3, 0.4) is 0 Å². The Balaban J connectivity index is -0.000000856. The largest absolute Gasteiger partial charge is 4.00 e. The number of halogens is 4. The van der Waals surface area contributed by atoms with Crippen molar-refractivity contribution < 1.29 is 134 Å². The SMILES string of the molecule is O=P([O-])([O-])C(O)P(=O)([O-])Oc1ccccc1Cl.O=P([O-])([O-])C(O)P(=O)([O-])Oc1ccccc1Cl.O=P([O-])([O-])C(O)P(=O)([O-])Oc1ccccc1Cl.O=P([O-])([O-])C(O)P(=O)([O-])Oc1ccccc1Cl.[Sn+4].[Sn+4].[Sn+4]. The Labute approximate surface area is 470 Å². The Morgan fingerprint density at radius 1 is 0.310 bits per heavy atom. The van der Waals surface area contributed by atoms with Gasteiger partial charge in [0.1, 0.15) is 23.0 Å². The quantitative estimate of drug-likeness (QED) is 0.0631. The summed E-state index contributed by atoms with van der Waals surface area (Å²) in [6.45, 7) is 0. The Bertz CT molecular complexity index is 2380. The standard InChI is InChI=1S/4C7H9ClO7P2.3Sn/c4*8-5-3-1-2-4-6(5)15-17(13,14)7(9)16(10,11)12;;;/h4*1-4,7,9H,(H,13,14)(H2,10,11,12);;;/q;;;;3*+4/p-12. The molecule has 0 bridgehead atoms. The van der Waals surface area contributed by atoms with Crippen molar-refractivity contribution in [2.45, 2.75) is 22.3 Å². The molecule has 43 heteroatoms. The Hall–Kier alpha value is 0.836. The van der Waals surface area contributed by atoms with Crippen molar-refractivity contribution in [2.24, 2.45) is 0 Å². The van der Waals surface area contributed by atoms with Gasteiger partial charge >= 0.3 is 71.7 Å². The minimum Gasteiger partial charge on any atom is -0.809 e. The van der Waals surface area contributed by atoms with Crippen LogP contribution in [0.4, 0.5) is 0 Å². The first-order valence-corrected chi connectivity index (χ1v) is 30.8. The van der Waals surface area contributed by atoms with Crippen molar-refractivity contribution >= 4 is 179 Å². The van der Waals surface area contributed by atoms with E-state index in [1.165, 1.54) is 72.8 Å². The summed E-state index contributed by atoms with van der Waals surface area (Å²) in [5.74, 6) is -1.50. The van der Waals surface area contributed by atoms with Gasteiger partial charge in [-0.3, -0.25) is 18.3 Å². The monoisotopic (exact) mass is 1560 g/mol. The summed E-state index contributed by atoms with van der Waals surface area (Å²) in [5.41, 5.74) is -12.6. The van der Waals surface area contributed by atoms with E-state index in [1.54, 1.807) is 0 Å². The molecule has 28 nitrogen and oxygen atoms in total. The van der Waals surface area contributed by atoms with Crippen LogP contribution in [-0.4, -0.2) is 114 Å². The van der Waals surface area contributed by atoms with E-state index in [0.29, 0.717) is 0 Å². The molecule has 0 heterocycles. The number of hydrogen-bond acceptors (Lipinski definition) is 28. The van der Waals surface area contributed by atoms with Gasteiger partial charge in [0.25, 0.3) is 0 Å². The predicted octanol–water partition coefficient (Wildman–Crippen LogP) is -3.30. The van der Waals surface area contributed by atoms with E-state index in [1.807, 2.05) is 0 Å². The summed E-state index contributed by atoms with van der Waals surface area (Å²) < 4.78 is 104. The van der Waals surface area contributed by atoms with Gasteiger partial charge in [0.2, 0.25) is 30.4 Å². The average molecular weight is 1550 g/mol. The molecule has 0 saturated carbocycles. The van der Waals surface area contributed by atoms with Gasteiger partial charge in [-0.2, -0.15) is 0 Å². The second-order valence-corrected chi connectivity index (χ2v) is 28.3. The van der Waals surface area contributed by atoms with Crippen LogP contribution in [-0.2, 0) is 36.5 Å². The Kier molecular flexibility index (Phi) is 33.7. The first-order chi connectivity index (χ1) is 30.6. The zero-order valence-electron chi connectivity index (χ0n) is 33.7. The van der Waals surface area contributed by atoms with Crippen LogP contribution in [0.15, 0.2) is 97.1 Å². The molecule has 4 rings (SSSR count). The van der Waals surface area contributed by atoms with Crippen LogP contribution >= 0.6 is 107 Å². The number of aliphatic hydroxyl groups excluding tert-OH is 4. The smallest absolute Gasteiger partial charge is 0.809 e. The molecule has 0 aliphatic carbocycles. The summed E-state index contributed by atoms with van der Waals surface area (Å²) in [5, 5.41) is 34.9. The fourth-order valence-corrected chi connectivity index (χ4v) is 12.6. The molecule has 0 aliphatic rings. The minimum atomic E-state index is -5.72. The van der Waals surface area contributed by atoms with Crippen LogP contribution in [0.25, 0.3) is 0 Å². The Morgan fingerprint density at radius 3 is 0.549 bits per heavy atom. The maximum atomic E-state index is 11.2. The molecule has 8 atom stereocenters. The molecule has 0 aromatic heterocycles. The van der Waals surface area contributed by atoms with Gasteiger partial charge < -0.3 is 116 Å². The normalized spacial score (nSPS) is 16.5. The third-order valence-corrected chi connectivity index (χ3v) is 20.9. The maximum Gasteiger partial charge on any atom is 4.00 e. The summed E-state index contributed by atoms with van der Waals surface area (Å²) in [4.78, 5) is 128. The first-order valence-electron chi connectivity index (χ1n) is 16.4. The van der Waals surface area contributed by atoms with Gasteiger partial charge in [0.15, 0.2) is 22.3 Å². The van der Waals surface area contributed by atoms with E-state index in [9.17, 15) is 95.2 Å². The van der Waals surface area contributed by atoms with Crippen molar-refractivity contribution in [3.05, 3.63) is 117 Å². The third-order valence-electron chi connectivity index (χ3n) is 6.51. The molecule has 0 saturated heterocycles. The number of benzene rings is 4. The van der Waals surface area contributed by atoms with E-state index in [4.69, 9.17) is 66.8 Å². The summed E-state index contributed by atoms with van der Waals surface area (Å²) in [6, 6.07) is 21.1. The van der Waals surface area contributed by atoms with Gasteiger partial charge in [0.05, 0.1) is 20.1 Å². The first kappa shape index (κ1) is 76.1. The average Bonchev–Trinajstić information content (AvgIpc) is 3.19. The number of rotatable bonds is 16. The van der Waals surface area contributed by atoms with Crippen molar-refractivity contribution in [2.75, 3.05) is 0 Å². The van der Waals surface area contributed by atoms with Gasteiger partial charge in [-0.1, -0.05) is 94.9 Å². The van der Waals surface area contributed by atoms with Crippen LogP contribution in [0.1, 0.15) is 0 Å². The molecular weight excluding hydrogens is 1530 g/mol. The fraction of sp³-hybridized carbons (Fsp3) is 0.143. The predicted molar refractivity (Wildman–Crippen MR) is 230 cm³/mol. The van der Waals surface area contributed by atoms with Crippen LogP contribution in [0.2, 0.25) is 20.1 Å². The molecule has 0 amide bonds. The second-order valence-electron chi connectivity index (χ2n) is 11.8. The van der Waals surface area contributed by atoms with E-state index in [0.717, 1.165) is 24.3 Å². The maximum absolute atomic E-state index is 11.2. The van der Waals surface area contributed by atoms with Gasteiger partial charge in [-0.15, -0.1) is 0 Å². The van der Waals surface area contributed by atoms with E-state index in [2.05, 4.69) is 18.1 Å². The summed E-state index contributed by atoms with van der Waals surface area (Å²) in [6.07, 6.45) is 0. The van der Waals surface area contributed by atoms with Crippen molar-refractivity contribution in [3.8, 4) is 23.0 Å². The Morgan fingerprint density at radius 2 is 0.437 bits per heavy atom.